The van der Waals surface area contributed by atoms with Gasteiger partial charge in [0.05, 0.1) is 5.92 Å². The quantitative estimate of drug-likeness (QED) is 0.925. The number of carbonyl (C=O) groups is 2. The highest BCUT2D eigenvalue weighted by Crippen LogP contribution is 2.30. The summed E-state index contributed by atoms with van der Waals surface area (Å²) in [6.45, 7) is 3.74. The summed E-state index contributed by atoms with van der Waals surface area (Å²) in [5.41, 5.74) is 2.18. The van der Waals surface area contributed by atoms with Crippen molar-refractivity contribution in [3.8, 4) is 0 Å². The fourth-order valence-electron chi connectivity index (χ4n) is 2.95. The first-order valence-corrected chi connectivity index (χ1v) is 7.99. The number of benzene rings is 2. The molecule has 1 unspecified atom stereocenters. The number of para-hydroxylation sites is 1. The summed E-state index contributed by atoms with van der Waals surface area (Å²) in [5.74, 6) is -3.09. The number of anilines is 2. The minimum absolute atomic E-state index is 0.0482. The van der Waals surface area contributed by atoms with Crippen molar-refractivity contribution in [2.75, 3.05) is 16.8 Å². The highest BCUT2D eigenvalue weighted by Gasteiger charge is 2.37. The monoisotopic (exact) mass is 344 g/mol. The molecule has 0 radical (unpaired) electrons. The summed E-state index contributed by atoms with van der Waals surface area (Å²) in [6.07, 6.45) is -0.0789. The molecule has 3 rings (SSSR count). The van der Waals surface area contributed by atoms with E-state index in [-0.39, 0.29) is 18.9 Å². The number of nitrogens with one attached hydrogen (secondary N) is 1. The van der Waals surface area contributed by atoms with Gasteiger partial charge in [0.1, 0.15) is 17.3 Å². The van der Waals surface area contributed by atoms with Crippen LogP contribution in [0.5, 0.6) is 0 Å². The molecule has 1 aliphatic heterocycles. The van der Waals surface area contributed by atoms with Crippen LogP contribution in [0.1, 0.15) is 17.5 Å². The van der Waals surface area contributed by atoms with Crippen LogP contribution in [0.2, 0.25) is 0 Å². The molecule has 0 aliphatic carbocycles. The van der Waals surface area contributed by atoms with Crippen LogP contribution < -0.4 is 10.2 Å². The summed E-state index contributed by atoms with van der Waals surface area (Å²) in [5, 5.41) is 2.81. The zero-order chi connectivity index (χ0) is 18.1. The van der Waals surface area contributed by atoms with Gasteiger partial charge in [0, 0.05) is 18.7 Å². The van der Waals surface area contributed by atoms with E-state index >= 15 is 0 Å². The Bertz CT molecular complexity index is 831. The minimum atomic E-state index is -0.816. The molecule has 2 amide bonds. The second-order valence-electron chi connectivity index (χ2n) is 6.28. The van der Waals surface area contributed by atoms with Gasteiger partial charge in [-0.25, -0.2) is 8.78 Å². The second kappa shape index (κ2) is 6.63. The van der Waals surface area contributed by atoms with Gasteiger partial charge in [-0.05, 0) is 43.2 Å². The van der Waals surface area contributed by atoms with E-state index in [1.54, 1.807) is 0 Å². The fourth-order valence-corrected chi connectivity index (χ4v) is 2.95. The Morgan fingerprint density at radius 1 is 1.16 bits per heavy atom. The molecule has 1 fully saturated rings. The SMILES string of the molecule is Cc1ccc(C)c(NC(=O)C2CC(=O)N(c3c(F)cccc3F)C2)c1. The number of rotatable bonds is 3. The Morgan fingerprint density at radius 2 is 1.84 bits per heavy atom. The number of hydrogen-bond acceptors (Lipinski definition) is 2. The Labute approximate surface area is 144 Å². The number of aryl methyl sites for hydroxylation is 2. The molecule has 4 nitrogen and oxygen atoms in total. The molecular formula is C19H18F2N2O2. The van der Waals surface area contributed by atoms with Gasteiger partial charge in [0.15, 0.2) is 0 Å². The van der Waals surface area contributed by atoms with Crippen molar-refractivity contribution in [3.05, 3.63) is 59.2 Å². The third-order valence-electron chi connectivity index (χ3n) is 4.35. The van der Waals surface area contributed by atoms with E-state index < -0.39 is 29.1 Å². The van der Waals surface area contributed by atoms with Crippen molar-refractivity contribution in [1.29, 1.82) is 0 Å². The van der Waals surface area contributed by atoms with E-state index in [2.05, 4.69) is 5.32 Å². The third-order valence-corrected chi connectivity index (χ3v) is 4.35. The first kappa shape index (κ1) is 17.1. The van der Waals surface area contributed by atoms with Crippen LogP contribution in [0.15, 0.2) is 36.4 Å². The molecule has 6 heteroatoms. The summed E-state index contributed by atoms with van der Waals surface area (Å²) >= 11 is 0. The molecule has 25 heavy (non-hydrogen) atoms. The maximum Gasteiger partial charge on any atom is 0.229 e. The van der Waals surface area contributed by atoms with Gasteiger partial charge in [-0.2, -0.15) is 0 Å². The lowest BCUT2D eigenvalue weighted by atomic mass is 10.1. The smallest absolute Gasteiger partial charge is 0.229 e. The highest BCUT2D eigenvalue weighted by molar-refractivity contribution is 6.03. The second-order valence-corrected chi connectivity index (χ2v) is 6.28. The number of halogens is 2. The highest BCUT2D eigenvalue weighted by atomic mass is 19.1. The van der Waals surface area contributed by atoms with Crippen LogP contribution in [0.25, 0.3) is 0 Å². The first-order chi connectivity index (χ1) is 11.9. The van der Waals surface area contributed by atoms with E-state index in [4.69, 9.17) is 0 Å². The topological polar surface area (TPSA) is 49.4 Å². The van der Waals surface area contributed by atoms with Crippen molar-refractivity contribution in [3.63, 3.8) is 0 Å². The summed E-state index contributed by atoms with van der Waals surface area (Å²) < 4.78 is 27.8. The normalized spacial score (nSPS) is 17.0. The molecule has 0 saturated carbocycles. The van der Waals surface area contributed by atoms with Crippen molar-refractivity contribution >= 4 is 23.2 Å². The van der Waals surface area contributed by atoms with E-state index in [0.717, 1.165) is 28.2 Å². The number of nitrogens with zero attached hydrogens (tertiary/aromatic N) is 1. The Balaban J connectivity index is 1.78. The van der Waals surface area contributed by atoms with Gasteiger partial charge in [-0.3, -0.25) is 9.59 Å². The van der Waals surface area contributed by atoms with Crippen LogP contribution in [-0.2, 0) is 9.59 Å². The Hall–Kier alpha value is -2.76. The molecule has 1 saturated heterocycles. The van der Waals surface area contributed by atoms with Crippen molar-refractivity contribution < 1.29 is 18.4 Å². The predicted octanol–water partition coefficient (Wildman–Crippen LogP) is 3.57. The van der Waals surface area contributed by atoms with Gasteiger partial charge in [-0.1, -0.05) is 18.2 Å². The molecule has 2 aromatic carbocycles. The molecule has 1 aliphatic rings. The third kappa shape index (κ3) is 3.38. The van der Waals surface area contributed by atoms with Crippen molar-refractivity contribution in [2.45, 2.75) is 20.3 Å². The zero-order valence-corrected chi connectivity index (χ0v) is 14.0. The van der Waals surface area contributed by atoms with E-state index in [1.807, 2.05) is 32.0 Å². The summed E-state index contributed by atoms with van der Waals surface area (Å²) in [4.78, 5) is 25.7. The summed E-state index contributed by atoms with van der Waals surface area (Å²) in [6, 6.07) is 9.10. The Morgan fingerprint density at radius 3 is 2.52 bits per heavy atom. The molecule has 1 atom stereocenters. The molecular weight excluding hydrogens is 326 g/mol. The summed E-state index contributed by atoms with van der Waals surface area (Å²) in [7, 11) is 0. The van der Waals surface area contributed by atoms with Crippen LogP contribution in [0, 0.1) is 31.4 Å². The van der Waals surface area contributed by atoms with Crippen molar-refractivity contribution in [1.82, 2.24) is 0 Å². The molecule has 2 aromatic rings. The molecule has 0 spiro atoms. The van der Waals surface area contributed by atoms with Gasteiger partial charge in [-0.15, -0.1) is 0 Å². The number of amides is 2. The number of hydrogen-bond donors (Lipinski definition) is 1. The number of carbonyl (C=O) groups excluding carboxylic acids is 2. The van der Waals surface area contributed by atoms with Crippen LogP contribution in [-0.4, -0.2) is 18.4 Å². The van der Waals surface area contributed by atoms with Crippen molar-refractivity contribution in [2.24, 2.45) is 5.92 Å². The zero-order valence-electron chi connectivity index (χ0n) is 14.0. The first-order valence-electron chi connectivity index (χ1n) is 7.99. The lowest BCUT2D eigenvalue weighted by Gasteiger charge is -2.18. The lowest BCUT2D eigenvalue weighted by molar-refractivity contribution is -0.122. The minimum Gasteiger partial charge on any atom is -0.326 e. The van der Waals surface area contributed by atoms with Gasteiger partial charge >= 0.3 is 0 Å². The predicted molar refractivity (Wildman–Crippen MR) is 91.4 cm³/mol. The molecule has 0 aromatic heterocycles. The average Bonchev–Trinajstić information content (AvgIpc) is 2.93. The van der Waals surface area contributed by atoms with E-state index in [1.165, 1.54) is 6.07 Å². The fraction of sp³-hybridized carbons (Fsp3) is 0.263. The lowest BCUT2D eigenvalue weighted by Crippen LogP contribution is -2.29. The molecule has 130 valence electrons. The average molecular weight is 344 g/mol. The van der Waals surface area contributed by atoms with Gasteiger partial charge in [0.2, 0.25) is 11.8 Å². The standard InChI is InChI=1S/C19H18F2N2O2/c1-11-6-7-12(2)16(8-11)22-19(25)13-9-17(24)23(10-13)18-14(20)4-3-5-15(18)21/h3-8,13H,9-10H2,1-2H3,(H,22,25). The largest absolute Gasteiger partial charge is 0.326 e. The maximum absolute atomic E-state index is 13.9. The van der Waals surface area contributed by atoms with Gasteiger partial charge in [0.25, 0.3) is 0 Å². The Kier molecular flexibility index (Phi) is 4.53. The molecule has 0 bridgehead atoms. The van der Waals surface area contributed by atoms with Crippen LogP contribution in [0.4, 0.5) is 20.2 Å². The maximum atomic E-state index is 13.9. The molecule has 1 N–H and O–H groups in total. The van der Waals surface area contributed by atoms with Gasteiger partial charge < -0.3 is 10.2 Å². The van der Waals surface area contributed by atoms with Crippen LogP contribution in [0.3, 0.4) is 0 Å². The molecule has 1 heterocycles. The van der Waals surface area contributed by atoms with E-state index in [9.17, 15) is 18.4 Å². The van der Waals surface area contributed by atoms with E-state index in [0.29, 0.717) is 5.69 Å². The van der Waals surface area contributed by atoms with Crippen LogP contribution >= 0.6 is 0 Å².